The van der Waals surface area contributed by atoms with E-state index in [1.807, 2.05) is 18.2 Å². The Morgan fingerprint density at radius 1 is 1.03 bits per heavy atom. The molecule has 5 nitrogen and oxygen atoms in total. The van der Waals surface area contributed by atoms with E-state index in [-0.39, 0.29) is 0 Å². The van der Waals surface area contributed by atoms with Crippen molar-refractivity contribution in [3.8, 4) is 22.9 Å². The standard InChI is InChI=1S/C26H25F3N4OS/c1-16-6-7-17(2)33(16)13-12-23-31-20(18-8-10-19(11-9-18)26(27,28)29)14-24(32-23)34-21-4-3-5-22-25(21)30-15-35-22/h3-5,8-11,14-17H,6-7,12-13H2,1-2H3. The van der Waals surface area contributed by atoms with Crippen molar-refractivity contribution in [3.05, 3.63) is 65.4 Å². The summed E-state index contributed by atoms with van der Waals surface area (Å²) in [6, 6.07) is 13.4. The summed E-state index contributed by atoms with van der Waals surface area (Å²) in [5.74, 6) is 1.51. The zero-order chi connectivity index (χ0) is 24.6. The number of alkyl halides is 3. The molecule has 2 aromatic heterocycles. The van der Waals surface area contributed by atoms with Gasteiger partial charge in [-0.05, 0) is 51.0 Å². The van der Waals surface area contributed by atoms with E-state index in [9.17, 15) is 13.2 Å². The van der Waals surface area contributed by atoms with Gasteiger partial charge in [-0.1, -0.05) is 18.2 Å². The first kappa shape index (κ1) is 23.7. The number of nitrogens with zero attached hydrogens (tertiary/aromatic N) is 4. The van der Waals surface area contributed by atoms with Crippen molar-refractivity contribution >= 4 is 21.6 Å². The van der Waals surface area contributed by atoms with Gasteiger partial charge in [0.15, 0.2) is 5.75 Å². The second kappa shape index (κ2) is 9.54. The minimum Gasteiger partial charge on any atom is -0.437 e. The van der Waals surface area contributed by atoms with Crippen molar-refractivity contribution in [2.45, 2.75) is 51.4 Å². The number of aromatic nitrogens is 3. The molecule has 1 saturated heterocycles. The van der Waals surface area contributed by atoms with Crippen LogP contribution in [0.3, 0.4) is 0 Å². The highest BCUT2D eigenvalue weighted by molar-refractivity contribution is 7.16. The van der Waals surface area contributed by atoms with Crippen LogP contribution in [-0.4, -0.2) is 38.5 Å². The van der Waals surface area contributed by atoms with Gasteiger partial charge in [-0.3, -0.25) is 4.90 Å². The van der Waals surface area contributed by atoms with Crippen LogP contribution in [0.4, 0.5) is 13.2 Å². The van der Waals surface area contributed by atoms with E-state index in [4.69, 9.17) is 4.74 Å². The molecule has 1 fully saturated rings. The number of thiazole rings is 1. The third kappa shape index (κ3) is 5.16. The number of para-hydroxylation sites is 1. The summed E-state index contributed by atoms with van der Waals surface area (Å²) in [6.45, 7) is 5.26. The summed E-state index contributed by atoms with van der Waals surface area (Å²) in [6.07, 6.45) is -1.45. The summed E-state index contributed by atoms with van der Waals surface area (Å²) >= 11 is 1.52. The molecule has 3 heterocycles. The Morgan fingerprint density at radius 2 is 1.77 bits per heavy atom. The third-order valence-corrected chi connectivity index (χ3v) is 7.32. The monoisotopic (exact) mass is 498 g/mol. The highest BCUT2D eigenvalue weighted by Crippen LogP contribution is 2.33. The third-order valence-electron chi connectivity index (χ3n) is 6.52. The van der Waals surface area contributed by atoms with Crippen LogP contribution < -0.4 is 4.74 Å². The van der Waals surface area contributed by atoms with Gasteiger partial charge in [0.2, 0.25) is 5.88 Å². The average molecular weight is 499 g/mol. The van der Waals surface area contributed by atoms with Gasteiger partial charge in [-0.15, -0.1) is 11.3 Å². The normalized spacial score (nSPS) is 18.9. The van der Waals surface area contributed by atoms with Crippen molar-refractivity contribution in [2.75, 3.05) is 6.54 Å². The van der Waals surface area contributed by atoms with E-state index in [1.165, 1.54) is 36.3 Å². The van der Waals surface area contributed by atoms with Crippen molar-refractivity contribution < 1.29 is 17.9 Å². The van der Waals surface area contributed by atoms with Gasteiger partial charge in [0.1, 0.15) is 11.3 Å². The van der Waals surface area contributed by atoms with Crippen molar-refractivity contribution in [3.63, 3.8) is 0 Å². The van der Waals surface area contributed by atoms with E-state index in [0.29, 0.717) is 47.2 Å². The molecule has 0 spiro atoms. The number of hydrogen-bond donors (Lipinski definition) is 0. The van der Waals surface area contributed by atoms with Gasteiger partial charge in [0.05, 0.1) is 21.5 Å². The van der Waals surface area contributed by atoms with Gasteiger partial charge < -0.3 is 4.74 Å². The van der Waals surface area contributed by atoms with Crippen LogP contribution in [-0.2, 0) is 12.6 Å². The van der Waals surface area contributed by atoms with Crippen LogP contribution in [0.1, 0.15) is 38.1 Å². The lowest BCUT2D eigenvalue weighted by Crippen LogP contribution is -2.34. The molecule has 0 amide bonds. The van der Waals surface area contributed by atoms with E-state index in [2.05, 4.69) is 33.7 Å². The van der Waals surface area contributed by atoms with E-state index < -0.39 is 11.7 Å². The zero-order valence-electron chi connectivity index (χ0n) is 19.4. The van der Waals surface area contributed by atoms with Crippen LogP contribution in [0.15, 0.2) is 54.0 Å². The number of ether oxygens (including phenoxy) is 1. The minimum atomic E-state index is -4.39. The Balaban J connectivity index is 1.48. The number of halogens is 3. The molecular formula is C26H25F3N4OS. The molecule has 0 aliphatic carbocycles. The van der Waals surface area contributed by atoms with Gasteiger partial charge in [0, 0.05) is 36.7 Å². The quantitative estimate of drug-likeness (QED) is 0.287. The molecule has 0 radical (unpaired) electrons. The molecule has 2 aromatic carbocycles. The lowest BCUT2D eigenvalue weighted by molar-refractivity contribution is -0.137. The van der Waals surface area contributed by atoms with Crippen LogP contribution in [0.25, 0.3) is 21.5 Å². The Kier molecular flexibility index (Phi) is 6.46. The maximum Gasteiger partial charge on any atom is 0.416 e. The number of likely N-dealkylation sites (tertiary alicyclic amines) is 1. The maximum absolute atomic E-state index is 13.0. The highest BCUT2D eigenvalue weighted by Gasteiger charge is 2.30. The first-order chi connectivity index (χ1) is 16.8. The summed E-state index contributed by atoms with van der Waals surface area (Å²) < 4.78 is 46.3. The number of rotatable bonds is 6. The molecule has 9 heteroatoms. The number of fused-ring (bicyclic) bond motifs is 1. The molecule has 0 saturated carbocycles. The summed E-state index contributed by atoms with van der Waals surface area (Å²) in [4.78, 5) is 16.2. The highest BCUT2D eigenvalue weighted by atomic mass is 32.1. The summed E-state index contributed by atoms with van der Waals surface area (Å²) in [7, 11) is 0. The summed E-state index contributed by atoms with van der Waals surface area (Å²) in [5, 5.41) is 0. The predicted octanol–water partition coefficient (Wildman–Crippen LogP) is 6.98. The Bertz CT molecular complexity index is 1310. The van der Waals surface area contributed by atoms with Gasteiger partial charge in [-0.2, -0.15) is 18.2 Å². The van der Waals surface area contributed by atoms with E-state index in [1.54, 1.807) is 11.6 Å². The molecule has 35 heavy (non-hydrogen) atoms. The Morgan fingerprint density at radius 3 is 2.49 bits per heavy atom. The SMILES string of the molecule is CC1CCC(C)N1CCc1nc(Oc2cccc3scnc23)cc(-c2ccc(C(F)(F)F)cc2)n1. The molecule has 4 aromatic rings. The second-order valence-corrected chi connectivity index (χ2v) is 9.79. The van der Waals surface area contributed by atoms with Crippen LogP contribution in [0, 0.1) is 0 Å². The fraction of sp³-hybridized carbons (Fsp3) is 0.346. The van der Waals surface area contributed by atoms with Crippen LogP contribution in [0.5, 0.6) is 11.6 Å². The van der Waals surface area contributed by atoms with Crippen molar-refractivity contribution in [2.24, 2.45) is 0 Å². The van der Waals surface area contributed by atoms with Crippen LogP contribution in [0.2, 0.25) is 0 Å². The fourth-order valence-corrected chi connectivity index (χ4v) is 5.28. The Labute approximate surface area is 205 Å². The molecule has 2 atom stereocenters. The maximum atomic E-state index is 13.0. The topological polar surface area (TPSA) is 51.1 Å². The number of hydrogen-bond acceptors (Lipinski definition) is 6. The first-order valence-corrected chi connectivity index (χ1v) is 12.5. The predicted molar refractivity (Wildman–Crippen MR) is 131 cm³/mol. The molecule has 5 rings (SSSR count). The molecule has 2 unspecified atom stereocenters. The van der Waals surface area contributed by atoms with E-state index in [0.717, 1.165) is 28.9 Å². The lowest BCUT2D eigenvalue weighted by Gasteiger charge is -2.25. The van der Waals surface area contributed by atoms with Gasteiger partial charge >= 0.3 is 6.18 Å². The summed E-state index contributed by atoms with van der Waals surface area (Å²) in [5.41, 5.74) is 2.90. The van der Waals surface area contributed by atoms with Crippen molar-refractivity contribution in [1.82, 2.24) is 19.9 Å². The largest absolute Gasteiger partial charge is 0.437 e. The molecule has 0 N–H and O–H groups in total. The molecule has 0 bridgehead atoms. The second-order valence-electron chi connectivity index (χ2n) is 8.90. The number of benzene rings is 2. The first-order valence-electron chi connectivity index (χ1n) is 11.6. The van der Waals surface area contributed by atoms with E-state index >= 15 is 0 Å². The molecule has 182 valence electrons. The van der Waals surface area contributed by atoms with Gasteiger partial charge in [0.25, 0.3) is 0 Å². The smallest absolute Gasteiger partial charge is 0.416 e. The Hall–Kier alpha value is -3.04. The fourth-order valence-electron chi connectivity index (χ4n) is 4.59. The molecule has 1 aliphatic heterocycles. The van der Waals surface area contributed by atoms with Crippen LogP contribution >= 0.6 is 11.3 Å². The molecular weight excluding hydrogens is 473 g/mol. The van der Waals surface area contributed by atoms with Crippen molar-refractivity contribution in [1.29, 1.82) is 0 Å². The van der Waals surface area contributed by atoms with Gasteiger partial charge in [-0.25, -0.2) is 9.97 Å². The molecule has 1 aliphatic rings. The average Bonchev–Trinajstić information content (AvgIpc) is 3.44. The zero-order valence-corrected chi connectivity index (χ0v) is 20.2. The minimum absolute atomic E-state index is 0.341. The lowest BCUT2D eigenvalue weighted by atomic mass is 10.1.